The lowest BCUT2D eigenvalue weighted by atomic mass is 9.59. The summed E-state index contributed by atoms with van der Waals surface area (Å²) in [5.74, 6) is -1.13. The third kappa shape index (κ3) is 2.20. The van der Waals surface area contributed by atoms with Crippen LogP contribution in [0.5, 0.6) is 0 Å². The fourth-order valence-electron chi connectivity index (χ4n) is 3.17. The van der Waals surface area contributed by atoms with Crippen LogP contribution in [0.1, 0.15) is 37.7 Å². The SMILES string of the molecule is [2H]C([2H])([2H])[C@]12C[C@@H](O)C[C@](C)(CO1)[C@@]2(O)/C=C/C(C)=C\C(=O)O. The molecule has 1 saturated heterocycles. The number of carboxylic acid groups (broad SMARTS) is 1. The van der Waals surface area contributed by atoms with Gasteiger partial charge in [0.2, 0.25) is 0 Å². The van der Waals surface area contributed by atoms with Gasteiger partial charge in [-0.3, -0.25) is 0 Å². The highest BCUT2D eigenvalue weighted by atomic mass is 16.5. The first-order chi connectivity index (χ1) is 10.4. The van der Waals surface area contributed by atoms with E-state index in [1.165, 1.54) is 12.2 Å². The van der Waals surface area contributed by atoms with E-state index in [-0.39, 0.29) is 19.4 Å². The topological polar surface area (TPSA) is 87.0 Å². The van der Waals surface area contributed by atoms with Crippen LogP contribution in [0.3, 0.4) is 0 Å². The van der Waals surface area contributed by atoms with Gasteiger partial charge >= 0.3 is 5.97 Å². The number of hydrogen-bond donors (Lipinski definition) is 3. The van der Waals surface area contributed by atoms with Gasteiger partial charge in [0.25, 0.3) is 0 Å². The summed E-state index contributed by atoms with van der Waals surface area (Å²) >= 11 is 0. The van der Waals surface area contributed by atoms with Crippen molar-refractivity contribution in [2.75, 3.05) is 6.61 Å². The van der Waals surface area contributed by atoms with E-state index in [9.17, 15) is 15.0 Å². The first-order valence-corrected chi connectivity index (χ1v) is 6.52. The Hall–Kier alpha value is -1.17. The Bertz CT molecular complexity index is 570. The molecule has 0 unspecified atom stereocenters. The zero-order valence-electron chi connectivity index (χ0n) is 14.6. The van der Waals surface area contributed by atoms with Gasteiger partial charge in [-0.2, -0.15) is 0 Å². The monoisotopic (exact) mass is 285 g/mol. The van der Waals surface area contributed by atoms with Crippen LogP contribution in [0.4, 0.5) is 0 Å². The van der Waals surface area contributed by atoms with Crippen LogP contribution in [0, 0.1) is 5.41 Å². The number of carboxylic acids is 1. The molecule has 112 valence electrons. The van der Waals surface area contributed by atoms with Gasteiger partial charge in [0.05, 0.1) is 12.7 Å². The van der Waals surface area contributed by atoms with E-state index in [4.69, 9.17) is 14.0 Å². The van der Waals surface area contributed by atoms with Gasteiger partial charge in [-0.05, 0) is 31.8 Å². The molecule has 20 heavy (non-hydrogen) atoms. The van der Waals surface area contributed by atoms with Crippen LogP contribution in [0.25, 0.3) is 0 Å². The van der Waals surface area contributed by atoms with Crippen LogP contribution >= 0.6 is 0 Å². The van der Waals surface area contributed by atoms with E-state index in [1.54, 1.807) is 13.8 Å². The maximum absolute atomic E-state index is 11.3. The zero-order chi connectivity index (χ0) is 17.7. The Morgan fingerprint density at radius 2 is 2.20 bits per heavy atom. The van der Waals surface area contributed by atoms with Crippen molar-refractivity contribution in [2.45, 2.75) is 50.8 Å². The molecular formula is C15H22O5. The summed E-state index contributed by atoms with van der Waals surface area (Å²) in [5, 5.41) is 30.1. The molecule has 1 aliphatic carbocycles. The number of aliphatic hydroxyl groups is 2. The Balaban J connectivity index is 2.52. The van der Waals surface area contributed by atoms with Crippen LogP contribution in [0.2, 0.25) is 0 Å². The van der Waals surface area contributed by atoms with Gasteiger partial charge < -0.3 is 20.1 Å². The largest absolute Gasteiger partial charge is 0.478 e. The number of fused-ring (bicyclic) bond motifs is 2. The number of aliphatic hydroxyl groups excluding tert-OH is 1. The minimum absolute atomic E-state index is 0.00494. The summed E-state index contributed by atoms with van der Waals surface area (Å²) in [4.78, 5) is 10.7. The Kier molecular flexibility index (Phi) is 2.69. The lowest BCUT2D eigenvalue weighted by Crippen LogP contribution is -2.60. The van der Waals surface area contributed by atoms with E-state index in [2.05, 4.69) is 0 Å². The van der Waals surface area contributed by atoms with Gasteiger partial charge in [-0.25, -0.2) is 4.79 Å². The second-order valence-electron chi connectivity index (χ2n) is 6.06. The molecule has 2 fully saturated rings. The summed E-state index contributed by atoms with van der Waals surface area (Å²) < 4.78 is 29.1. The number of aliphatic carboxylic acids is 1. The molecule has 2 rings (SSSR count). The summed E-state index contributed by atoms with van der Waals surface area (Å²) in [5.41, 5.74) is -4.36. The molecule has 0 spiro atoms. The fraction of sp³-hybridized carbons (Fsp3) is 0.667. The quantitative estimate of drug-likeness (QED) is 0.537. The average molecular weight is 285 g/mol. The van der Waals surface area contributed by atoms with Crippen molar-refractivity contribution >= 4 is 5.97 Å². The molecule has 0 aromatic carbocycles. The van der Waals surface area contributed by atoms with Crippen LogP contribution in [0.15, 0.2) is 23.8 Å². The van der Waals surface area contributed by atoms with E-state index in [1.807, 2.05) is 0 Å². The Morgan fingerprint density at radius 3 is 2.80 bits per heavy atom. The summed E-state index contributed by atoms with van der Waals surface area (Å²) in [6.45, 7) is 0.572. The van der Waals surface area contributed by atoms with Crippen molar-refractivity contribution in [3.8, 4) is 0 Å². The third-order valence-electron chi connectivity index (χ3n) is 4.32. The predicted octanol–water partition coefficient (Wildman–Crippen LogP) is 1.25. The number of allylic oxidation sites excluding steroid dienone is 2. The maximum Gasteiger partial charge on any atom is 0.328 e. The van der Waals surface area contributed by atoms with Crippen LogP contribution < -0.4 is 0 Å². The van der Waals surface area contributed by atoms with Crippen LogP contribution in [-0.4, -0.2) is 45.2 Å². The van der Waals surface area contributed by atoms with Crippen molar-refractivity contribution in [1.29, 1.82) is 0 Å². The van der Waals surface area contributed by atoms with Crippen molar-refractivity contribution in [3.05, 3.63) is 23.8 Å². The summed E-state index contributed by atoms with van der Waals surface area (Å²) in [6.07, 6.45) is 2.78. The van der Waals surface area contributed by atoms with Crippen molar-refractivity contribution in [1.82, 2.24) is 0 Å². The number of rotatable bonds is 3. The Morgan fingerprint density at radius 1 is 1.50 bits per heavy atom. The van der Waals surface area contributed by atoms with Gasteiger partial charge in [-0.15, -0.1) is 0 Å². The second-order valence-corrected chi connectivity index (χ2v) is 6.06. The van der Waals surface area contributed by atoms with Crippen molar-refractivity contribution in [3.63, 3.8) is 0 Å². The molecule has 5 nitrogen and oxygen atoms in total. The molecular weight excluding hydrogens is 260 g/mol. The molecule has 0 radical (unpaired) electrons. The molecule has 2 aliphatic rings. The van der Waals surface area contributed by atoms with E-state index >= 15 is 0 Å². The average Bonchev–Trinajstić information content (AvgIpc) is 2.51. The number of hydrogen-bond acceptors (Lipinski definition) is 4. The molecule has 1 saturated carbocycles. The highest BCUT2D eigenvalue weighted by Gasteiger charge is 2.67. The maximum atomic E-state index is 11.3. The lowest BCUT2D eigenvalue weighted by molar-refractivity contribution is -0.150. The van der Waals surface area contributed by atoms with Crippen LogP contribution in [-0.2, 0) is 9.53 Å². The first-order valence-electron chi connectivity index (χ1n) is 8.02. The molecule has 0 aromatic heterocycles. The molecule has 0 aromatic rings. The van der Waals surface area contributed by atoms with Crippen molar-refractivity contribution < 1.29 is 29.0 Å². The fourth-order valence-corrected chi connectivity index (χ4v) is 3.17. The zero-order valence-corrected chi connectivity index (χ0v) is 11.6. The minimum Gasteiger partial charge on any atom is -0.478 e. The molecule has 5 heteroatoms. The standard InChI is InChI=1S/C15H22O5/c1-10(6-12(17)18)4-5-15(19)13(2)7-11(16)8-14(15,3)20-9-13/h4-6,11,16,19H,7-9H2,1-3H3,(H,17,18)/b5-4+,10-6-/t11-,13+,14+,15-/m0/s1/i3D3. The normalized spacial score (nSPS) is 47.9. The molecule has 1 aliphatic heterocycles. The highest BCUT2D eigenvalue weighted by molar-refractivity contribution is 5.81. The lowest BCUT2D eigenvalue weighted by Gasteiger charge is -2.49. The first kappa shape index (κ1) is 11.5. The van der Waals surface area contributed by atoms with Crippen molar-refractivity contribution in [2.24, 2.45) is 5.41 Å². The highest BCUT2D eigenvalue weighted by Crippen LogP contribution is 2.57. The summed E-state index contributed by atoms with van der Waals surface area (Å²) in [7, 11) is 0. The van der Waals surface area contributed by atoms with E-state index < -0.39 is 35.5 Å². The van der Waals surface area contributed by atoms with Gasteiger partial charge in [0.1, 0.15) is 11.2 Å². The molecule has 4 atom stereocenters. The predicted molar refractivity (Wildman–Crippen MR) is 73.2 cm³/mol. The Labute approximate surface area is 122 Å². The van der Waals surface area contributed by atoms with E-state index in [0.717, 1.165) is 6.08 Å². The third-order valence-corrected chi connectivity index (χ3v) is 4.32. The second kappa shape index (κ2) is 4.69. The molecule has 1 heterocycles. The number of carbonyl (C=O) groups is 1. The molecule has 3 N–H and O–H groups in total. The van der Waals surface area contributed by atoms with Gasteiger partial charge in [-0.1, -0.05) is 13.0 Å². The molecule has 0 amide bonds. The van der Waals surface area contributed by atoms with Gasteiger partial charge in [0.15, 0.2) is 0 Å². The van der Waals surface area contributed by atoms with Gasteiger partial charge in [0, 0.05) is 22.0 Å². The minimum atomic E-state index is -2.64. The van der Waals surface area contributed by atoms with E-state index in [0.29, 0.717) is 5.57 Å². The molecule has 2 bridgehead atoms. The summed E-state index contributed by atoms with van der Waals surface area (Å²) in [6, 6.07) is 0. The smallest absolute Gasteiger partial charge is 0.328 e. The number of ether oxygens (including phenoxy) is 1.